The minimum atomic E-state index is -0.431. The number of hydrogen-bond acceptors (Lipinski definition) is 7. The highest BCUT2D eigenvalue weighted by Crippen LogP contribution is 2.30. The molecule has 3 heterocycles. The molecule has 2 aromatic carbocycles. The monoisotopic (exact) mass is 489 g/mol. The van der Waals surface area contributed by atoms with Crippen LogP contribution < -0.4 is 22.2 Å². The summed E-state index contributed by atoms with van der Waals surface area (Å²) >= 11 is 0. The average molecular weight is 490 g/mol. The van der Waals surface area contributed by atoms with E-state index in [0.29, 0.717) is 16.8 Å². The van der Waals surface area contributed by atoms with Crippen molar-refractivity contribution in [3.8, 4) is 22.9 Å². The Morgan fingerprint density at radius 1 is 1.03 bits per heavy atom. The number of nitriles is 1. The molecular formula is C28H23N7O2. The van der Waals surface area contributed by atoms with Crippen molar-refractivity contribution < 1.29 is 0 Å². The Labute approximate surface area is 212 Å². The van der Waals surface area contributed by atoms with Gasteiger partial charge in [0.15, 0.2) is 0 Å². The summed E-state index contributed by atoms with van der Waals surface area (Å²) in [5, 5.41) is 14.1. The number of hydrogen-bond donors (Lipinski definition) is 2. The molecule has 1 atom stereocenters. The Balaban J connectivity index is 1.76. The maximum absolute atomic E-state index is 14.2. The second-order valence-corrected chi connectivity index (χ2v) is 8.64. The first kappa shape index (κ1) is 23.5. The smallest absolute Gasteiger partial charge is 0.263 e. The van der Waals surface area contributed by atoms with Crippen LogP contribution in [0.25, 0.3) is 27.6 Å². The van der Waals surface area contributed by atoms with E-state index in [2.05, 4.69) is 15.3 Å². The maximum Gasteiger partial charge on any atom is 0.263 e. The van der Waals surface area contributed by atoms with Crippen LogP contribution in [0.1, 0.15) is 24.2 Å². The fourth-order valence-corrected chi connectivity index (χ4v) is 4.44. The first-order chi connectivity index (χ1) is 17.9. The quantitative estimate of drug-likeness (QED) is 0.384. The number of para-hydroxylation sites is 1. The maximum atomic E-state index is 14.2. The van der Waals surface area contributed by atoms with Crippen molar-refractivity contribution in [3.05, 3.63) is 111 Å². The number of nitrogens with zero attached hydrogens (tertiary/aromatic N) is 5. The van der Waals surface area contributed by atoms with Crippen LogP contribution in [-0.4, -0.2) is 19.1 Å². The molecule has 5 rings (SSSR count). The van der Waals surface area contributed by atoms with E-state index < -0.39 is 6.04 Å². The Bertz CT molecular complexity index is 1800. The minimum Gasteiger partial charge on any atom is -0.382 e. The molecule has 1 unspecified atom stereocenters. The van der Waals surface area contributed by atoms with Gasteiger partial charge in [-0.05, 0) is 47.7 Å². The molecule has 0 bridgehead atoms. The number of benzene rings is 2. The van der Waals surface area contributed by atoms with E-state index in [0.717, 1.165) is 16.5 Å². The van der Waals surface area contributed by atoms with Crippen LogP contribution in [0.2, 0.25) is 0 Å². The Kier molecular flexibility index (Phi) is 5.99. The number of nitrogen functional groups attached to an aromatic ring is 1. The van der Waals surface area contributed by atoms with Crippen LogP contribution in [0.15, 0.2) is 88.8 Å². The van der Waals surface area contributed by atoms with Crippen LogP contribution in [0.3, 0.4) is 0 Å². The van der Waals surface area contributed by atoms with Gasteiger partial charge in [0, 0.05) is 30.7 Å². The number of rotatable bonds is 5. The summed E-state index contributed by atoms with van der Waals surface area (Å²) in [6.45, 7) is 1.89. The Morgan fingerprint density at radius 2 is 1.81 bits per heavy atom. The Hall–Kier alpha value is -5.23. The van der Waals surface area contributed by atoms with E-state index in [1.165, 1.54) is 17.0 Å². The molecule has 0 saturated carbocycles. The van der Waals surface area contributed by atoms with E-state index in [9.17, 15) is 14.9 Å². The van der Waals surface area contributed by atoms with Crippen molar-refractivity contribution in [2.45, 2.75) is 13.0 Å². The topological polar surface area (TPSA) is 132 Å². The molecule has 0 saturated heterocycles. The number of pyridine rings is 2. The Morgan fingerprint density at radius 3 is 2.54 bits per heavy atom. The van der Waals surface area contributed by atoms with Gasteiger partial charge in [-0.3, -0.25) is 14.2 Å². The van der Waals surface area contributed by atoms with Crippen LogP contribution in [0.4, 0.5) is 11.6 Å². The molecule has 3 aromatic heterocycles. The molecule has 37 heavy (non-hydrogen) atoms. The van der Waals surface area contributed by atoms with Crippen LogP contribution in [-0.2, 0) is 7.05 Å². The molecule has 0 radical (unpaired) electrons. The molecule has 0 fully saturated rings. The number of aromatic nitrogens is 4. The van der Waals surface area contributed by atoms with Crippen molar-refractivity contribution in [1.82, 2.24) is 19.1 Å². The second-order valence-electron chi connectivity index (χ2n) is 8.64. The lowest BCUT2D eigenvalue weighted by Crippen LogP contribution is -2.26. The third kappa shape index (κ3) is 4.21. The molecule has 0 spiro atoms. The van der Waals surface area contributed by atoms with Gasteiger partial charge in [-0.1, -0.05) is 36.4 Å². The van der Waals surface area contributed by atoms with Gasteiger partial charge in [0.1, 0.15) is 29.6 Å². The molecule has 182 valence electrons. The zero-order valence-electron chi connectivity index (χ0n) is 20.2. The van der Waals surface area contributed by atoms with E-state index in [1.54, 1.807) is 23.9 Å². The van der Waals surface area contributed by atoms with Crippen LogP contribution in [0, 0.1) is 11.3 Å². The molecular weight excluding hydrogens is 466 g/mol. The lowest BCUT2D eigenvalue weighted by Gasteiger charge is -2.22. The summed E-state index contributed by atoms with van der Waals surface area (Å²) in [5.74, 6) is 0.363. The summed E-state index contributed by atoms with van der Waals surface area (Å²) in [4.78, 5) is 34.2. The lowest BCUT2D eigenvalue weighted by atomic mass is 9.98. The zero-order chi connectivity index (χ0) is 26.1. The molecule has 0 aliphatic heterocycles. The number of fused-ring (bicyclic) bond motifs is 1. The van der Waals surface area contributed by atoms with Crippen LogP contribution in [0.5, 0.6) is 0 Å². The normalized spacial score (nSPS) is 11.7. The van der Waals surface area contributed by atoms with Gasteiger partial charge in [-0.25, -0.2) is 9.97 Å². The van der Waals surface area contributed by atoms with E-state index in [4.69, 9.17) is 5.73 Å². The molecule has 3 N–H and O–H groups in total. The van der Waals surface area contributed by atoms with Crippen molar-refractivity contribution >= 4 is 22.4 Å². The first-order valence-electron chi connectivity index (χ1n) is 11.6. The third-order valence-corrected chi connectivity index (χ3v) is 6.27. The number of aryl methyl sites for hydroxylation is 1. The van der Waals surface area contributed by atoms with Gasteiger partial charge >= 0.3 is 0 Å². The van der Waals surface area contributed by atoms with E-state index in [1.807, 2.05) is 67.6 Å². The van der Waals surface area contributed by atoms with Gasteiger partial charge < -0.3 is 15.6 Å². The van der Waals surface area contributed by atoms with Crippen LogP contribution >= 0.6 is 0 Å². The van der Waals surface area contributed by atoms with Gasteiger partial charge in [0.2, 0.25) is 5.56 Å². The zero-order valence-corrected chi connectivity index (χ0v) is 20.2. The predicted octanol–water partition coefficient (Wildman–Crippen LogP) is 3.77. The number of anilines is 2. The first-order valence-corrected chi connectivity index (χ1v) is 11.6. The van der Waals surface area contributed by atoms with Crippen molar-refractivity contribution in [2.24, 2.45) is 7.05 Å². The van der Waals surface area contributed by atoms with Crippen molar-refractivity contribution in [1.29, 1.82) is 5.26 Å². The molecule has 5 aromatic rings. The highest BCUT2D eigenvalue weighted by Gasteiger charge is 2.20. The summed E-state index contributed by atoms with van der Waals surface area (Å²) in [5.41, 5.74) is 8.52. The van der Waals surface area contributed by atoms with Gasteiger partial charge in [0.05, 0.1) is 11.4 Å². The highest BCUT2D eigenvalue weighted by atomic mass is 16.1. The largest absolute Gasteiger partial charge is 0.382 e. The molecule has 0 aliphatic rings. The van der Waals surface area contributed by atoms with Gasteiger partial charge in [-0.15, -0.1) is 0 Å². The van der Waals surface area contributed by atoms with Crippen molar-refractivity contribution in [2.75, 3.05) is 11.1 Å². The third-order valence-electron chi connectivity index (χ3n) is 6.27. The van der Waals surface area contributed by atoms with Gasteiger partial charge in [-0.2, -0.15) is 5.26 Å². The second kappa shape index (κ2) is 9.43. The fraction of sp³-hybridized carbons (Fsp3) is 0.107. The molecule has 9 heteroatoms. The summed E-state index contributed by atoms with van der Waals surface area (Å²) in [6, 6.07) is 21.8. The molecule has 9 nitrogen and oxygen atoms in total. The minimum absolute atomic E-state index is 0.0769. The predicted molar refractivity (Wildman–Crippen MR) is 143 cm³/mol. The lowest BCUT2D eigenvalue weighted by molar-refractivity contribution is 0.772. The van der Waals surface area contributed by atoms with Crippen molar-refractivity contribution in [3.63, 3.8) is 0 Å². The number of nitrogens with two attached hydrogens (primary N) is 1. The molecule has 0 aliphatic carbocycles. The fourth-order valence-electron chi connectivity index (χ4n) is 4.44. The summed E-state index contributed by atoms with van der Waals surface area (Å²) < 4.78 is 3.15. The standard InChI is InChI=1S/C28H23N7O2/c1-17(33-27-22(14-29)26(30)31-16-32-27)23-13-18-7-6-10-21(19-11-12-24(36)34(2)15-19)25(18)28(37)35(23)20-8-4-3-5-9-20/h3-13,15-17H,1-2H3,(H3,30,31,32,33). The number of nitrogens with one attached hydrogen (secondary N) is 1. The molecule has 0 amide bonds. The van der Waals surface area contributed by atoms with E-state index in [-0.39, 0.29) is 28.3 Å². The summed E-state index contributed by atoms with van der Waals surface area (Å²) in [6.07, 6.45) is 3.01. The SMILES string of the molecule is CC(Nc1ncnc(N)c1C#N)c1cc2cccc(-c3ccc(=O)n(C)c3)c2c(=O)n1-c1ccccc1. The highest BCUT2D eigenvalue weighted by molar-refractivity contribution is 5.96. The van der Waals surface area contributed by atoms with Gasteiger partial charge in [0.25, 0.3) is 5.56 Å². The van der Waals surface area contributed by atoms with E-state index >= 15 is 0 Å². The summed E-state index contributed by atoms with van der Waals surface area (Å²) in [7, 11) is 1.68. The average Bonchev–Trinajstić information content (AvgIpc) is 2.90.